The van der Waals surface area contributed by atoms with Crippen molar-refractivity contribution < 1.29 is 34.1 Å². The molecule has 0 radical (unpaired) electrons. The Labute approximate surface area is 186 Å². The number of benzene rings is 1. The third-order valence-corrected chi connectivity index (χ3v) is 4.95. The Morgan fingerprint density at radius 2 is 1.66 bits per heavy atom. The highest BCUT2D eigenvalue weighted by atomic mass is 16.6. The van der Waals surface area contributed by atoms with Gasteiger partial charge in [0, 0.05) is 38.0 Å². The maximum Gasteiger partial charge on any atom is 0.344 e. The fraction of sp³-hybridized carbons (Fsp3) is 0.500. The Bertz CT molecular complexity index is 917. The predicted octanol–water partition coefficient (Wildman–Crippen LogP) is 0.502. The average molecular weight is 450 g/mol. The van der Waals surface area contributed by atoms with Crippen LogP contribution in [0, 0.1) is 0 Å². The first kappa shape index (κ1) is 25.2. The molecule has 0 spiro atoms. The van der Waals surface area contributed by atoms with Crippen molar-refractivity contribution in [1.29, 1.82) is 0 Å². The van der Waals surface area contributed by atoms with E-state index in [1.165, 1.54) is 6.92 Å². The van der Waals surface area contributed by atoms with Gasteiger partial charge < -0.3 is 34.9 Å². The predicted molar refractivity (Wildman–Crippen MR) is 118 cm³/mol. The summed E-state index contributed by atoms with van der Waals surface area (Å²) in [4.78, 5) is 42.8. The van der Waals surface area contributed by atoms with E-state index < -0.39 is 23.4 Å². The third kappa shape index (κ3) is 5.38. The van der Waals surface area contributed by atoms with E-state index in [-0.39, 0.29) is 32.8 Å². The molecule has 0 unspecified atom stereocenters. The van der Waals surface area contributed by atoms with Crippen molar-refractivity contribution in [2.24, 2.45) is 0 Å². The van der Waals surface area contributed by atoms with E-state index >= 15 is 0 Å². The zero-order valence-corrected chi connectivity index (χ0v) is 18.6. The number of aliphatic hydroxyl groups is 2. The van der Waals surface area contributed by atoms with Crippen molar-refractivity contribution in [2.75, 3.05) is 44.4 Å². The fourth-order valence-corrected chi connectivity index (χ4v) is 3.67. The topological polar surface area (TPSA) is 141 Å². The maximum absolute atomic E-state index is 12.9. The van der Waals surface area contributed by atoms with Crippen LogP contribution in [-0.2, 0) is 30.3 Å². The average Bonchev–Trinajstić information content (AvgIpc) is 3.16. The second kappa shape index (κ2) is 11.5. The third-order valence-electron chi connectivity index (χ3n) is 4.95. The molecule has 2 rings (SSSR count). The Hall–Kier alpha value is -3.11. The number of amides is 1. The summed E-state index contributed by atoms with van der Waals surface area (Å²) >= 11 is 0. The summed E-state index contributed by atoms with van der Waals surface area (Å²) in [6, 6.07) is 5.45. The molecule has 10 nitrogen and oxygen atoms in total. The number of para-hydroxylation sites is 1. The Balaban J connectivity index is 2.59. The summed E-state index contributed by atoms with van der Waals surface area (Å²) in [6.07, 6.45) is 1.47. The molecule has 0 fully saturated rings. The number of rotatable bonds is 12. The number of aromatic nitrogens is 1. The van der Waals surface area contributed by atoms with Crippen LogP contribution >= 0.6 is 0 Å². The minimum atomic E-state index is -2.04. The first-order chi connectivity index (χ1) is 15.3. The van der Waals surface area contributed by atoms with Gasteiger partial charge in [0.1, 0.15) is 0 Å². The molecule has 1 aromatic carbocycles. The van der Waals surface area contributed by atoms with Crippen molar-refractivity contribution in [2.45, 2.75) is 32.7 Å². The van der Waals surface area contributed by atoms with Crippen LogP contribution in [0.2, 0.25) is 0 Å². The van der Waals surface area contributed by atoms with Gasteiger partial charge in [-0.2, -0.15) is 0 Å². The normalized spacial score (nSPS) is 11.3. The molecule has 0 atom stereocenters. The fourth-order valence-electron chi connectivity index (χ4n) is 3.67. The van der Waals surface area contributed by atoms with Crippen molar-refractivity contribution in [1.82, 2.24) is 10.3 Å². The number of esters is 2. The number of hydrogen-bond donors (Lipinski definition) is 4. The van der Waals surface area contributed by atoms with Gasteiger partial charge in [0.25, 0.3) is 0 Å². The summed E-state index contributed by atoms with van der Waals surface area (Å²) in [5.41, 5.74) is -0.00785. The van der Waals surface area contributed by atoms with Crippen LogP contribution in [0.25, 0.3) is 10.9 Å². The van der Waals surface area contributed by atoms with Gasteiger partial charge in [-0.15, -0.1) is 0 Å². The summed E-state index contributed by atoms with van der Waals surface area (Å²) < 4.78 is 10.3. The molecule has 176 valence electrons. The number of anilines is 1. The molecule has 0 saturated heterocycles. The minimum absolute atomic E-state index is 0.0227. The number of fused-ring (bicyclic) bond motifs is 1. The van der Waals surface area contributed by atoms with E-state index in [9.17, 15) is 24.6 Å². The smallest absolute Gasteiger partial charge is 0.344 e. The number of hydrogen-bond acceptors (Lipinski definition) is 8. The van der Waals surface area contributed by atoms with Crippen LogP contribution < -0.4 is 10.2 Å². The van der Waals surface area contributed by atoms with E-state index in [2.05, 4.69) is 10.3 Å². The van der Waals surface area contributed by atoms with Gasteiger partial charge in [0.15, 0.2) is 0 Å². The summed E-state index contributed by atoms with van der Waals surface area (Å²) in [6.45, 7) is 4.91. The maximum atomic E-state index is 12.9. The lowest BCUT2D eigenvalue weighted by molar-refractivity contribution is -0.167. The molecule has 4 N–H and O–H groups in total. The quantitative estimate of drug-likeness (QED) is 0.271. The van der Waals surface area contributed by atoms with Crippen molar-refractivity contribution in [3.05, 3.63) is 30.0 Å². The lowest BCUT2D eigenvalue weighted by atomic mass is 9.90. The Kier molecular flexibility index (Phi) is 9.03. The van der Waals surface area contributed by atoms with Gasteiger partial charge in [-0.05, 0) is 25.5 Å². The molecule has 1 aromatic heterocycles. The summed E-state index contributed by atoms with van der Waals surface area (Å²) in [5.74, 6) is -2.38. The van der Waals surface area contributed by atoms with E-state index in [0.29, 0.717) is 29.6 Å². The van der Waals surface area contributed by atoms with Crippen molar-refractivity contribution >= 4 is 34.4 Å². The monoisotopic (exact) mass is 449 g/mol. The summed E-state index contributed by atoms with van der Waals surface area (Å²) in [5, 5.41) is 22.0. The number of nitrogens with one attached hydrogen (secondary N) is 2. The number of aliphatic hydroxyl groups excluding tert-OH is 2. The van der Waals surface area contributed by atoms with Crippen LogP contribution in [-0.4, -0.2) is 78.1 Å². The molecule has 0 saturated carbocycles. The highest BCUT2D eigenvalue weighted by Crippen LogP contribution is 2.31. The van der Waals surface area contributed by atoms with Gasteiger partial charge in [0.05, 0.1) is 37.6 Å². The number of aromatic amines is 1. The van der Waals surface area contributed by atoms with E-state index in [0.717, 1.165) is 5.69 Å². The molecule has 1 amide bonds. The molecule has 0 aliphatic carbocycles. The minimum Gasteiger partial charge on any atom is -0.464 e. The zero-order valence-electron chi connectivity index (χ0n) is 18.6. The number of carbonyl (C=O) groups excluding carboxylic acids is 3. The molecule has 0 aliphatic rings. The number of ether oxygens (including phenoxy) is 2. The highest BCUT2D eigenvalue weighted by Gasteiger charge is 2.50. The summed E-state index contributed by atoms with van der Waals surface area (Å²) in [7, 11) is 0. The largest absolute Gasteiger partial charge is 0.464 e. The lowest BCUT2D eigenvalue weighted by Crippen LogP contribution is -2.62. The molecule has 0 aliphatic heterocycles. The number of H-pyrrole nitrogens is 1. The molecular formula is C22H31N3O7. The van der Waals surface area contributed by atoms with Crippen LogP contribution in [0.1, 0.15) is 26.3 Å². The van der Waals surface area contributed by atoms with E-state index in [1.807, 2.05) is 17.0 Å². The van der Waals surface area contributed by atoms with Crippen LogP contribution in [0.15, 0.2) is 24.4 Å². The standard InChI is InChI=1S/C22H31N3O7/c1-4-31-20(29)22(24-15(3)28,21(30)32-5-2)13-16-14-23-19-17(16)7-6-8-18(19)25(9-11-26)10-12-27/h6-8,14,23,26-27H,4-5,9-13H2,1-3H3,(H,24,28). The molecular weight excluding hydrogens is 418 g/mol. The zero-order chi connectivity index (χ0) is 23.7. The van der Waals surface area contributed by atoms with Crippen LogP contribution in [0.5, 0.6) is 0 Å². The van der Waals surface area contributed by atoms with E-state index in [1.54, 1.807) is 26.1 Å². The van der Waals surface area contributed by atoms with Crippen molar-refractivity contribution in [3.8, 4) is 0 Å². The van der Waals surface area contributed by atoms with Crippen LogP contribution in [0.4, 0.5) is 5.69 Å². The van der Waals surface area contributed by atoms with Gasteiger partial charge >= 0.3 is 11.9 Å². The molecule has 2 aromatic rings. The number of nitrogens with zero attached hydrogens (tertiary/aromatic N) is 1. The Morgan fingerprint density at radius 1 is 1.06 bits per heavy atom. The Morgan fingerprint density at radius 3 is 2.16 bits per heavy atom. The second-order valence-corrected chi connectivity index (χ2v) is 7.15. The lowest BCUT2D eigenvalue weighted by Gasteiger charge is -2.29. The highest BCUT2D eigenvalue weighted by molar-refractivity contribution is 6.08. The SMILES string of the molecule is CCOC(=O)C(Cc1c[nH]c2c(N(CCO)CCO)cccc12)(NC(C)=O)C(=O)OCC. The van der Waals surface area contributed by atoms with Gasteiger partial charge in [-0.25, -0.2) is 9.59 Å². The number of carbonyl (C=O) groups is 3. The first-order valence-electron chi connectivity index (χ1n) is 10.5. The molecule has 1 heterocycles. The van der Waals surface area contributed by atoms with Gasteiger partial charge in [-0.3, -0.25) is 4.79 Å². The molecule has 0 bridgehead atoms. The van der Waals surface area contributed by atoms with Crippen molar-refractivity contribution in [3.63, 3.8) is 0 Å². The first-order valence-corrected chi connectivity index (χ1v) is 10.5. The van der Waals surface area contributed by atoms with Gasteiger partial charge in [0.2, 0.25) is 11.4 Å². The van der Waals surface area contributed by atoms with E-state index in [4.69, 9.17) is 9.47 Å². The second-order valence-electron chi connectivity index (χ2n) is 7.15. The molecule has 32 heavy (non-hydrogen) atoms. The van der Waals surface area contributed by atoms with Crippen LogP contribution in [0.3, 0.4) is 0 Å². The molecule has 10 heteroatoms. The van der Waals surface area contributed by atoms with Gasteiger partial charge in [-0.1, -0.05) is 12.1 Å².